The largest absolute Gasteiger partial charge is 0.249 e. The molecule has 1 fully saturated rings. The summed E-state index contributed by atoms with van der Waals surface area (Å²) < 4.78 is 1.86. The van der Waals surface area contributed by atoms with Crippen molar-refractivity contribution >= 4 is 0 Å². The van der Waals surface area contributed by atoms with Crippen LogP contribution in [0.4, 0.5) is 0 Å². The molecule has 1 heterocycles. The van der Waals surface area contributed by atoms with Crippen molar-refractivity contribution in [1.82, 2.24) is 14.8 Å². The molecule has 1 aliphatic carbocycles. The minimum Gasteiger partial charge on any atom is -0.249 e. The van der Waals surface area contributed by atoms with Crippen LogP contribution in [-0.4, -0.2) is 14.8 Å². The molecule has 0 radical (unpaired) electrons. The van der Waals surface area contributed by atoms with Crippen molar-refractivity contribution < 1.29 is 0 Å². The molecule has 4 heteroatoms. The Kier molecular flexibility index (Phi) is 3.00. The predicted octanol–water partition coefficient (Wildman–Crippen LogP) is 2.17. The van der Waals surface area contributed by atoms with E-state index in [4.69, 9.17) is 5.26 Å². The van der Waals surface area contributed by atoms with Gasteiger partial charge in [0.2, 0.25) is 0 Å². The van der Waals surface area contributed by atoms with Crippen molar-refractivity contribution in [1.29, 1.82) is 5.26 Å². The Morgan fingerprint density at radius 1 is 1.53 bits per heavy atom. The average Bonchev–Trinajstić information content (AvgIpc) is 2.81. The highest BCUT2D eigenvalue weighted by Gasteiger charge is 2.31. The SMILES string of the molecule is CCC1CCC(C#N)C(n2cncn2)C1. The van der Waals surface area contributed by atoms with Gasteiger partial charge in [-0.05, 0) is 25.2 Å². The second-order valence-electron chi connectivity index (χ2n) is 4.27. The number of hydrogen-bond donors (Lipinski definition) is 0. The minimum atomic E-state index is 0.106. The van der Waals surface area contributed by atoms with E-state index in [0.29, 0.717) is 0 Å². The molecule has 0 bridgehead atoms. The van der Waals surface area contributed by atoms with Crippen molar-refractivity contribution in [2.24, 2.45) is 11.8 Å². The molecule has 1 aromatic heterocycles. The minimum absolute atomic E-state index is 0.106. The van der Waals surface area contributed by atoms with Crippen LogP contribution >= 0.6 is 0 Å². The van der Waals surface area contributed by atoms with E-state index in [-0.39, 0.29) is 12.0 Å². The molecule has 4 nitrogen and oxygen atoms in total. The molecule has 0 amide bonds. The Labute approximate surface area is 89.9 Å². The van der Waals surface area contributed by atoms with Gasteiger partial charge in [-0.3, -0.25) is 0 Å². The Balaban J connectivity index is 2.15. The normalized spacial score (nSPS) is 31.1. The monoisotopic (exact) mass is 204 g/mol. The van der Waals surface area contributed by atoms with Gasteiger partial charge in [-0.25, -0.2) is 9.67 Å². The summed E-state index contributed by atoms with van der Waals surface area (Å²) in [5, 5.41) is 13.3. The zero-order valence-electron chi connectivity index (χ0n) is 9.00. The van der Waals surface area contributed by atoms with Crippen LogP contribution in [0.5, 0.6) is 0 Å². The highest BCUT2D eigenvalue weighted by molar-refractivity contribution is 4.95. The fourth-order valence-corrected chi connectivity index (χ4v) is 2.43. The maximum Gasteiger partial charge on any atom is 0.137 e. The lowest BCUT2D eigenvalue weighted by molar-refractivity contribution is 0.203. The van der Waals surface area contributed by atoms with Crippen molar-refractivity contribution in [3.8, 4) is 6.07 Å². The smallest absolute Gasteiger partial charge is 0.137 e. The summed E-state index contributed by atoms with van der Waals surface area (Å²) in [7, 11) is 0. The van der Waals surface area contributed by atoms with E-state index in [2.05, 4.69) is 23.1 Å². The first-order valence-corrected chi connectivity index (χ1v) is 5.58. The van der Waals surface area contributed by atoms with E-state index >= 15 is 0 Å². The molecule has 1 aliphatic rings. The maximum absolute atomic E-state index is 9.11. The molecule has 3 atom stereocenters. The van der Waals surface area contributed by atoms with Gasteiger partial charge in [0.25, 0.3) is 0 Å². The Hall–Kier alpha value is -1.37. The number of nitriles is 1. The van der Waals surface area contributed by atoms with Gasteiger partial charge in [0.1, 0.15) is 12.7 Å². The van der Waals surface area contributed by atoms with Crippen LogP contribution in [-0.2, 0) is 0 Å². The molecule has 1 aromatic rings. The molecule has 15 heavy (non-hydrogen) atoms. The van der Waals surface area contributed by atoms with Gasteiger partial charge in [0, 0.05) is 0 Å². The quantitative estimate of drug-likeness (QED) is 0.741. The van der Waals surface area contributed by atoms with Crippen LogP contribution in [0.2, 0.25) is 0 Å². The first-order chi connectivity index (χ1) is 7.35. The molecule has 3 unspecified atom stereocenters. The Bertz CT molecular complexity index is 338. The number of aromatic nitrogens is 3. The fraction of sp³-hybridized carbons (Fsp3) is 0.727. The Morgan fingerprint density at radius 3 is 3.00 bits per heavy atom. The number of hydrogen-bond acceptors (Lipinski definition) is 3. The molecule has 80 valence electrons. The summed E-state index contributed by atoms with van der Waals surface area (Å²) in [5.41, 5.74) is 0. The maximum atomic E-state index is 9.11. The molecule has 0 aliphatic heterocycles. The molecule has 0 N–H and O–H groups in total. The van der Waals surface area contributed by atoms with Crippen molar-refractivity contribution in [2.45, 2.75) is 38.6 Å². The van der Waals surface area contributed by atoms with Crippen LogP contribution in [0.25, 0.3) is 0 Å². The van der Waals surface area contributed by atoms with Gasteiger partial charge in [-0.15, -0.1) is 0 Å². The van der Waals surface area contributed by atoms with E-state index in [1.54, 1.807) is 12.7 Å². The van der Waals surface area contributed by atoms with Gasteiger partial charge in [0.05, 0.1) is 18.0 Å². The van der Waals surface area contributed by atoms with Crippen LogP contribution in [0.1, 0.15) is 38.6 Å². The molecule has 0 spiro atoms. The van der Waals surface area contributed by atoms with E-state index in [0.717, 1.165) is 18.8 Å². The highest BCUT2D eigenvalue weighted by atomic mass is 15.3. The van der Waals surface area contributed by atoms with Gasteiger partial charge >= 0.3 is 0 Å². The van der Waals surface area contributed by atoms with E-state index in [1.807, 2.05) is 4.68 Å². The van der Waals surface area contributed by atoms with E-state index < -0.39 is 0 Å². The van der Waals surface area contributed by atoms with Gasteiger partial charge < -0.3 is 0 Å². The van der Waals surface area contributed by atoms with Crippen molar-refractivity contribution in [3.63, 3.8) is 0 Å². The van der Waals surface area contributed by atoms with Crippen LogP contribution < -0.4 is 0 Å². The van der Waals surface area contributed by atoms with Gasteiger partial charge in [-0.2, -0.15) is 10.4 Å². The predicted molar refractivity (Wildman–Crippen MR) is 55.8 cm³/mol. The Morgan fingerprint density at radius 2 is 2.40 bits per heavy atom. The van der Waals surface area contributed by atoms with Gasteiger partial charge in [0.15, 0.2) is 0 Å². The summed E-state index contributed by atoms with van der Waals surface area (Å²) in [4.78, 5) is 3.96. The molecule has 0 saturated heterocycles. The molecular formula is C11H16N4. The lowest BCUT2D eigenvalue weighted by atomic mass is 9.78. The van der Waals surface area contributed by atoms with Crippen molar-refractivity contribution in [3.05, 3.63) is 12.7 Å². The molecule has 0 aromatic carbocycles. The zero-order chi connectivity index (χ0) is 10.7. The molecule has 2 rings (SSSR count). The fourth-order valence-electron chi connectivity index (χ4n) is 2.43. The third kappa shape index (κ3) is 2.01. The zero-order valence-corrected chi connectivity index (χ0v) is 9.00. The van der Waals surface area contributed by atoms with E-state index in [1.165, 1.54) is 12.8 Å². The molecule has 1 saturated carbocycles. The van der Waals surface area contributed by atoms with Crippen molar-refractivity contribution in [2.75, 3.05) is 0 Å². The summed E-state index contributed by atoms with van der Waals surface area (Å²) >= 11 is 0. The average molecular weight is 204 g/mol. The van der Waals surface area contributed by atoms with Gasteiger partial charge in [-0.1, -0.05) is 13.3 Å². The van der Waals surface area contributed by atoms with Crippen LogP contribution in [0.3, 0.4) is 0 Å². The lowest BCUT2D eigenvalue weighted by Gasteiger charge is -2.31. The summed E-state index contributed by atoms with van der Waals surface area (Å²) in [6.45, 7) is 2.22. The topological polar surface area (TPSA) is 54.5 Å². The lowest BCUT2D eigenvalue weighted by Crippen LogP contribution is -2.27. The second-order valence-corrected chi connectivity index (χ2v) is 4.27. The standard InChI is InChI=1S/C11H16N4/c1-2-9-3-4-10(6-12)11(5-9)15-8-13-7-14-15/h7-11H,2-5H2,1H3. The highest BCUT2D eigenvalue weighted by Crippen LogP contribution is 2.37. The molecular weight excluding hydrogens is 188 g/mol. The third-order valence-corrected chi connectivity index (χ3v) is 3.44. The first kappa shape index (κ1) is 10.2. The van der Waals surface area contributed by atoms with Crippen LogP contribution in [0.15, 0.2) is 12.7 Å². The second kappa shape index (κ2) is 4.43. The number of rotatable bonds is 2. The summed E-state index contributed by atoms with van der Waals surface area (Å²) in [6, 6.07) is 2.63. The first-order valence-electron chi connectivity index (χ1n) is 5.58. The summed E-state index contributed by atoms with van der Waals surface area (Å²) in [6.07, 6.45) is 7.72. The number of nitrogens with zero attached hydrogens (tertiary/aromatic N) is 4. The third-order valence-electron chi connectivity index (χ3n) is 3.44. The van der Waals surface area contributed by atoms with E-state index in [9.17, 15) is 0 Å². The van der Waals surface area contributed by atoms with Crippen LogP contribution in [0, 0.1) is 23.2 Å². The summed E-state index contributed by atoms with van der Waals surface area (Å²) in [5.74, 6) is 0.846.